The number of nitrogens with zero attached hydrogens (tertiary/aromatic N) is 6. The fourth-order valence-electron chi connectivity index (χ4n) is 7.55. The van der Waals surface area contributed by atoms with Gasteiger partial charge in [-0.3, -0.25) is 9.88 Å². The molecule has 0 spiro atoms. The smallest absolute Gasteiger partial charge is 0.410 e. The lowest BCUT2D eigenvalue weighted by atomic mass is 10.00. The van der Waals surface area contributed by atoms with Gasteiger partial charge in [-0.25, -0.2) is 9.18 Å². The molecule has 3 saturated heterocycles. The Balaban J connectivity index is 1.31. The van der Waals surface area contributed by atoms with E-state index in [-0.39, 0.29) is 46.5 Å². The van der Waals surface area contributed by atoms with Gasteiger partial charge in [0.05, 0.1) is 17.5 Å². The summed E-state index contributed by atoms with van der Waals surface area (Å²) in [6.45, 7) is 19.2. The number of halogens is 1. The lowest BCUT2D eigenvalue weighted by molar-refractivity contribution is 0.0122. The molecule has 3 aliphatic rings. The Kier molecular flexibility index (Phi) is 9.38. The Labute approximate surface area is 307 Å². The Morgan fingerprint density at radius 3 is 2.35 bits per heavy atom. The monoisotopic (exact) mass is 728 g/mol. The summed E-state index contributed by atoms with van der Waals surface area (Å²) in [6.07, 6.45) is 5.25. The second-order valence-corrected chi connectivity index (χ2v) is 22.1. The highest BCUT2D eigenvalue weighted by atomic mass is 28.4. The van der Waals surface area contributed by atoms with Crippen molar-refractivity contribution < 1.29 is 23.1 Å². The topological polar surface area (TPSA) is 93.2 Å². The molecule has 0 saturated carbocycles. The summed E-state index contributed by atoms with van der Waals surface area (Å²) < 4.78 is 36.0. The van der Waals surface area contributed by atoms with Crippen molar-refractivity contribution in [2.75, 3.05) is 38.2 Å². The normalized spacial score (nSPS) is 21.3. The number of pyridine rings is 1. The maximum Gasteiger partial charge on any atom is 0.410 e. The number of rotatable bonds is 7. The number of hydrogen-bond acceptors (Lipinski definition) is 9. The fraction of sp³-hybridized carbons (Fsp3) is 0.550. The van der Waals surface area contributed by atoms with Gasteiger partial charge in [-0.2, -0.15) is 9.97 Å². The van der Waals surface area contributed by atoms with Crippen molar-refractivity contribution in [3.63, 3.8) is 0 Å². The number of amides is 1. The Hall–Kier alpha value is -4.03. The third-order valence-electron chi connectivity index (χ3n) is 11.4. The molecule has 2 bridgehead atoms. The summed E-state index contributed by atoms with van der Waals surface area (Å²) in [7, 11) is -0.101. The maximum absolute atomic E-state index is 17.2. The predicted molar refractivity (Wildman–Crippen MR) is 206 cm³/mol. The number of piperazine rings is 1. The highest BCUT2D eigenvalue weighted by Gasteiger charge is 2.45. The molecule has 10 nitrogen and oxygen atoms in total. The Morgan fingerprint density at radius 1 is 0.981 bits per heavy atom. The zero-order chi connectivity index (χ0) is 37.2. The largest absolute Gasteiger partial charge is 0.543 e. The van der Waals surface area contributed by atoms with Gasteiger partial charge in [0.15, 0.2) is 5.82 Å². The number of carbonyl (C=O) groups excluding carboxylic acids is 1. The average Bonchev–Trinajstić information content (AvgIpc) is 3.60. The summed E-state index contributed by atoms with van der Waals surface area (Å²) in [5.74, 6) is 0.736. The van der Waals surface area contributed by atoms with Crippen LogP contribution in [-0.2, 0) is 4.74 Å². The van der Waals surface area contributed by atoms with Gasteiger partial charge in [0, 0.05) is 30.9 Å². The Bertz CT molecular complexity index is 1980. The molecule has 0 N–H and O–H groups in total. The predicted octanol–water partition coefficient (Wildman–Crippen LogP) is 8.43. The van der Waals surface area contributed by atoms with Crippen molar-refractivity contribution in [3.8, 4) is 23.0 Å². The van der Waals surface area contributed by atoms with Crippen LogP contribution in [-0.4, -0.2) is 96.2 Å². The number of aromatic nitrogens is 3. The third kappa shape index (κ3) is 7.03. The second kappa shape index (κ2) is 13.4. The molecule has 4 aromatic rings. The Morgan fingerprint density at radius 2 is 1.69 bits per heavy atom. The van der Waals surface area contributed by atoms with Gasteiger partial charge in [0.2, 0.25) is 8.32 Å². The van der Waals surface area contributed by atoms with Crippen molar-refractivity contribution in [3.05, 3.63) is 48.4 Å². The van der Waals surface area contributed by atoms with Crippen LogP contribution in [0.5, 0.6) is 11.8 Å². The molecule has 1 amide bonds. The summed E-state index contributed by atoms with van der Waals surface area (Å²) in [6, 6.07) is 12.2. The first kappa shape index (κ1) is 36.3. The lowest BCUT2D eigenvalue weighted by Gasteiger charge is -2.42. The van der Waals surface area contributed by atoms with Gasteiger partial charge in [-0.1, -0.05) is 45.0 Å². The molecule has 278 valence electrons. The van der Waals surface area contributed by atoms with Crippen LogP contribution in [0.1, 0.15) is 67.2 Å². The maximum atomic E-state index is 17.2. The van der Waals surface area contributed by atoms with Crippen molar-refractivity contribution >= 4 is 41.9 Å². The number of carbonyl (C=O) groups is 1. The molecule has 0 aliphatic carbocycles. The van der Waals surface area contributed by atoms with E-state index in [2.05, 4.69) is 50.7 Å². The summed E-state index contributed by atoms with van der Waals surface area (Å²) in [5.41, 5.74) is 0.418. The average molecular weight is 729 g/mol. The van der Waals surface area contributed by atoms with Gasteiger partial charge in [0.25, 0.3) is 0 Å². The summed E-state index contributed by atoms with van der Waals surface area (Å²) in [5, 5.41) is 2.32. The summed E-state index contributed by atoms with van der Waals surface area (Å²) >= 11 is 0. The highest BCUT2D eigenvalue weighted by molar-refractivity contribution is 6.74. The van der Waals surface area contributed by atoms with Crippen molar-refractivity contribution in [2.45, 2.75) is 109 Å². The van der Waals surface area contributed by atoms with Crippen LogP contribution in [0.3, 0.4) is 0 Å². The van der Waals surface area contributed by atoms with Gasteiger partial charge < -0.3 is 23.7 Å². The van der Waals surface area contributed by atoms with Gasteiger partial charge in [0.1, 0.15) is 35.0 Å². The highest BCUT2D eigenvalue weighted by Crippen LogP contribution is 2.42. The zero-order valence-corrected chi connectivity index (χ0v) is 33.1. The zero-order valence-electron chi connectivity index (χ0n) is 32.1. The van der Waals surface area contributed by atoms with E-state index in [1.165, 1.54) is 0 Å². The molecule has 2 unspecified atom stereocenters. The number of ether oxygens (including phenoxy) is 2. The van der Waals surface area contributed by atoms with Crippen LogP contribution >= 0.6 is 0 Å². The molecule has 3 aliphatic heterocycles. The van der Waals surface area contributed by atoms with Crippen LogP contribution in [0.15, 0.2) is 42.6 Å². The molecule has 3 fully saturated rings. The quantitative estimate of drug-likeness (QED) is 0.174. The van der Waals surface area contributed by atoms with Gasteiger partial charge in [-0.15, -0.1) is 0 Å². The molecule has 7 rings (SSSR count). The molecule has 5 heterocycles. The van der Waals surface area contributed by atoms with E-state index in [0.29, 0.717) is 42.2 Å². The molecule has 3 atom stereocenters. The standard InChI is InChI=1S/C40H53FN6O4Si/c1-39(2,3)50-38(48)47-26-16-17-27(47)23-46(22-26)36-32-21-42-34(33(41)35(32)43-37(44-36)49-24-28-14-12-18-45(28)7)31-20-29(51-52(8,9)40(4,5)6)19-25-13-10-11-15-30(25)31/h10-11,13,15,19-21,26-28H,12,14,16-18,22-24H2,1-9H3/t26?,27?,28-/m0/s1. The number of anilines is 1. The first-order chi connectivity index (χ1) is 24.5. The third-order valence-corrected chi connectivity index (χ3v) is 15.7. The van der Waals surface area contributed by atoms with Crippen LogP contribution in [0.4, 0.5) is 15.0 Å². The second-order valence-electron chi connectivity index (χ2n) is 17.3. The van der Waals surface area contributed by atoms with E-state index < -0.39 is 19.7 Å². The molecular formula is C40H53FN6O4Si. The van der Waals surface area contributed by atoms with Crippen molar-refractivity contribution in [1.29, 1.82) is 0 Å². The van der Waals surface area contributed by atoms with Gasteiger partial charge >= 0.3 is 12.1 Å². The van der Waals surface area contributed by atoms with Crippen LogP contribution in [0.25, 0.3) is 32.9 Å². The molecule has 52 heavy (non-hydrogen) atoms. The lowest BCUT2D eigenvalue weighted by Crippen LogP contribution is -2.57. The number of likely N-dealkylation sites (tertiary alicyclic amines) is 1. The van der Waals surface area contributed by atoms with E-state index in [1.807, 2.05) is 62.1 Å². The molecule has 2 aromatic carbocycles. The van der Waals surface area contributed by atoms with E-state index in [4.69, 9.17) is 28.9 Å². The minimum absolute atomic E-state index is 0.0137. The number of hydrogen-bond donors (Lipinski definition) is 0. The molecular weight excluding hydrogens is 676 g/mol. The summed E-state index contributed by atoms with van der Waals surface area (Å²) in [4.78, 5) is 34.0. The number of benzene rings is 2. The van der Waals surface area contributed by atoms with E-state index >= 15 is 4.39 Å². The fourth-order valence-corrected chi connectivity index (χ4v) is 8.56. The minimum Gasteiger partial charge on any atom is -0.543 e. The van der Waals surface area contributed by atoms with Crippen LogP contribution in [0, 0.1) is 5.82 Å². The van der Waals surface area contributed by atoms with Crippen LogP contribution < -0.4 is 14.1 Å². The number of fused-ring (bicyclic) bond motifs is 4. The first-order valence-corrected chi connectivity index (χ1v) is 21.6. The van der Waals surface area contributed by atoms with Crippen molar-refractivity contribution in [2.24, 2.45) is 0 Å². The van der Waals surface area contributed by atoms with E-state index in [9.17, 15) is 4.79 Å². The molecule has 2 aromatic heterocycles. The van der Waals surface area contributed by atoms with Crippen molar-refractivity contribution in [1.82, 2.24) is 24.8 Å². The van der Waals surface area contributed by atoms with Gasteiger partial charge in [-0.05, 0) is 101 Å². The minimum atomic E-state index is -2.20. The molecule has 0 radical (unpaired) electrons. The van der Waals surface area contributed by atoms with Crippen LogP contribution in [0.2, 0.25) is 18.1 Å². The SMILES string of the molecule is CN1CCC[C@H]1COc1nc(N2CC3CCC(C2)N3C(=O)OC(C)(C)C)c2cnc(-c3cc(O[Si](C)(C)C(C)(C)C)cc4ccccc34)c(F)c2n1. The van der Waals surface area contributed by atoms with E-state index in [1.54, 1.807) is 6.20 Å². The molecule has 12 heteroatoms. The van der Waals surface area contributed by atoms with E-state index in [0.717, 1.165) is 43.0 Å². The first-order valence-electron chi connectivity index (χ1n) is 18.7. The number of likely N-dealkylation sites (N-methyl/N-ethyl adjacent to an activating group) is 1.